The summed E-state index contributed by atoms with van der Waals surface area (Å²) in [6.45, 7) is 1.94. The number of carbonyl (C=O) groups excluding carboxylic acids is 2. The molecule has 0 unspecified atom stereocenters. The molecule has 0 radical (unpaired) electrons. The van der Waals surface area contributed by atoms with Crippen LogP contribution in [-0.4, -0.2) is 16.8 Å². The molecule has 0 aliphatic carbocycles. The van der Waals surface area contributed by atoms with E-state index >= 15 is 0 Å². The third-order valence-electron chi connectivity index (χ3n) is 4.99. The summed E-state index contributed by atoms with van der Waals surface area (Å²) in [6.07, 6.45) is 0. The van der Waals surface area contributed by atoms with E-state index in [-0.39, 0.29) is 11.3 Å². The van der Waals surface area contributed by atoms with Gasteiger partial charge in [-0.05, 0) is 36.8 Å². The normalized spacial score (nSPS) is 18.3. The summed E-state index contributed by atoms with van der Waals surface area (Å²) >= 11 is 3.42. The zero-order valence-electron chi connectivity index (χ0n) is 15.7. The van der Waals surface area contributed by atoms with Gasteiger partial charge in [0.25, 0.3) is 11.7 Å². The first-order chi connectivity index (χ1) is 14.0. The van der Waals surface area contributed by atoms with E-state index in [9.17, 15) is 14.7 Å². The minimum atomic E-state index is -0.716. The zero-order chi connectivity index (χ0) is 20.5. The van der Waals surface area contributed by atoms with Crippen LogP contribution in [-0.2, 0) is 9.59 Å². The molecule has 0 saturated carbocycles. The Hall–Kier alpha value is -3.18. The number of aryl methyl sites for hydroxylation is 1. The third-order valence-corrected chi connectivity index (χ3v) is 5.52. The van der Waals surface area contributed by atoms with Gasteiger partial charge in [0, 0.05) is 15.7 Å². The molecule has 144 valence electrons. The zero-order valence-corrected chi connectivity index (χ0v) is 17.3. The molecule has 4 nitrogen and oxygen atoms in total. The number of hydrogen-bond acceptors (Lipinski definition) is 3. The van der Waals surface area contributed by atoms with Crippen LogP contribution in [0, 0.1) is 6.92 Å². The highest BCUT2D eigenvalue weighted by Gasteiger charge is 2.46. The molecule has 29 heavy (non-hydrogen) atoms. The number of amides is 1. The van der Waals surface area contributed by atoms with Crippen LogP contribution in [0.3, 0.4) is 0 Å². The van der Waals surface area contributed by atoms with Crippen molar-refractivity contribution in [1.29, 1.82) is 0 Å². The molecule has 0 spiro atoms. The van der Waals surface area contributed by atoms with E-state index in [0.717, 1.165) is 15.6 Å². The van der Waals surface area contributed by atoms with E-state index in [1.54, 1.807) is 24.3 Å². The first-order valence-electron chi connectivity index (χ1n) is 9.16. The van der Waals surface area contributed by atoms with Gasteiger partial charge in [-0.15, -0.1) is 0 Å². The van der Waals surface area contributed by atoms with Gasteiger partial charge in [-0.25, -0.2) is 0 Å². The van der Waals surface area contributed by atoms with Gasteiger partial charge >= 0.3 is 0 Å². The van der Waals surface area contributed by atoms with Gasteiger partial charge in [0.05, 0.1) is 11.6 Å². The van der Waals surface area contributed by atoms with Crippen molar-refractivity contribution < 1.29 is 14.7 Å². The number of para-hydroxylation sites is 1. The molecule has 1 N–H and O–H groups in total. The van der Waals surface area contributed by atoms with E-state index in [4.69, 9.17) is 0 Å². The smallest absolute Gasteiger partial charge is 0.300 e. The quantitative estimate of drug-likeness (QED) is 0.332. The summed E-state index contributed by atoms with van der Waals surface area (Å²) in [5.74, 6) is -1.52. The van der Waals surface area contributed by atoms with Gasteiger partial charge in [0.15, 0.2) is 0 Å². The van der Waals surface area contributed by atoms with Gasteiger partial charge in [-0.2, -0.15) is 0 Å². The number of nitrogens with zero attached hydrogens (tertiary/aromatic N) is 1. The molecule has 1 aliphatic rings. The Morgan fingerprint density at radius 3 is 2.14 bits per heavy atom. The Morgan fingerprint density at radius 1 is 0.897 bits per heavy atom. The van der Waals surface area contributed by atoms with E-state index < -0.39 is 17.7 Å². The molecule has 1 saturated heterocycles. The monoisotopic (exact) mass is 447 g/mol. The third kappa shape index (κ3) is 3.49. The lowest BCUT2D eigenvalue weighted by atomic mass is 9.95. The van der Waals surface area contributed by atoms with E-state index in [2.05, 4.69) is 15.9 Å². The van der Waals surface area contributed by atoms with Crippen molar-refractivity contribution in [1.82, 2.24) is 0 Å². The van der Waals surface area contributed by atoms with Gasteiger partial charge < -0.3 is 5.11 Å². The van der Waals surface area contributed by atoms with E-state index in [1.165, 1.54) is 4.90 Å². The van der Waals surface area contributed by atoms with Crippen molar-refractivity contribution >= 4 is 39.1 Å². The Balaban J connectivity index is 1.94. The van der Waals surface area contributed by atoms with Gasteiger partial charge in [-0.1, -0.05) is 76.1 Å². The summed E-state index contributed by atoms with van der Waals surface area (Å²) in [5.41, 5.74) is 2.97. The standard InChI is InChI=1S/C24H18BrNO3/c1-15-7-9-17(10-8-15)22(27)20-21(16-11-13-18(25)14-12-16)26(24(29)23(20)28)19-5-3-2-4-6-19/h2-14,21,27H,1H3/b22-20+/t21-/m0/s1. The predicted octanol–water partition coefficient (Wildman–Crippen LogP) is 5.38. The SMILES string of the molecule is Cc1ccc(/C(O)=C2\C(=O)C(=O)N(c3ccccc3)[C@H]2c2ccc(Br)cc2)cc1. The summed E-state index contributed by atoms with van der Waals surface area (Å²) in [6, 6.07) is 22.9. The number of anilines is 1. The van der Waals surface area contributed by atoms with Gasteiger partial charge in [0.1, 0.15) is 5.76 Å². The number of hydrogen-bond donors (Lipinski definition) is 1. The molecule has 5 heteroatoms. The summed E-state index contributed by atoms with van der Waals surface area (Å²) in [5, 5.41) is 11.0. The summed E-state index contributed by atoms with van der Waals surface area (Å²) < 4.78 is 0.886. The molecule has 0 bridgehead atoms. The van der Waals surface area contributed by atoms with Crippen LogP contribution in [0.15, 0.2) is 88.9 Å². The number of carbonyl (C=O) groups is 2. The fourth-order valence-electron chi connectivity index (χ4n) is 3.51. The second kappa shape index (κ2) is 7.68. The van der Waals surface area contributed by atoms with Crippen LogP contribution in [0.2, 0.25) is 0 Å². The Morgan fingerprint density at radius 2 is 1.52 bits per heavy atom. The topological polar surface area (TPSA) is 57.6 Å². The average Bonchev–Trinajstić information content (AvgIpc) is 3.00. The Labute approximate surface area is 177 Å². The highest BCUT2D eigenvalue weighted by Crippen LogP contribution is 2.42. The van der Waals surface area contributed by atoms with Crippen molar-refractivity contribution in [3.05, 3.63) is 106 Å². The number of aliphatic hydroxyl groups excluding tert-OH is 1. The lowest BCUT2D eigenvalue weighted by Crippen LogP contribution is -2.29. The number of benzene rings is 3. The second-order valence-electron chi connectivity index (χ2n) is 6.92. The highest BCUT2D eigenvalue weighted by molar-refractivity contribution is 9.10. The van der Waals surface area contributed by atoms with Crippen molar-refractivity contribution in [3.63, 3.8) is 0 Å². The molecule has 1 atom stereocenters. The summed E-state index contributed by atoms with van der Waals surface area (Å²) in [7, 11) is 0. The number of ketones is 1. The van der Waals surface area contributed by atoms with E-state index in [0.29, 0.717) is 11.3 Å². The number of Topliss-reactive ketones (excluding diaryl/α,β-unsaturated/α-hetero) is 1. The van der Waals surface area contributed by atoms with Crippen molar-refractivity contribution in [3.8, 4) is 0 Å². The fourth-order valence-corrected chi connectivity index (χ4v) is 3.78. The second-order valence-corrected chi connectivity index (χ2v) is 7.84. The first-order valence-corrected chi connectivity index (χ1v) is 9.95. The molecule has 1 aliphatic heterocycles. The molecular formula is C24H18BrNO3. The van der Waals surface area contributed by atoms with Gasteiger partial charge in [-0.3, -0.25) is 14.5 Å². The van der Waals surface area contributed by atoms with Gasteiger partial charge in [0.2, 0.25) is 0 Å². The molecule has 3 aromatic rings. The predicted molar refractivity (Wildman–Crippen MR) is 117 cm³/mol. The molecular weight excluding hydrogens is 430 g/mol. The van der Waals surface area contributed by atoms with Crippen LogP contribution >= 0.6 is 15.9 Å². The maximum atomic E-state index is 13.0. The first kappa shape index (κ1) is 19.2. The fraction of sp³-hybridized carbons (Fsp3) is 0.0833. The Kier molecular flexibility index (Phi) is 5.07. The van der Waals surface area contributed by atoms with Crippen LogP contribution in [0.1, 0.15) is 22.7 Å². The molecule has 1 fully saturated rings. The molecule has 1 amide bonds. The average molecular weight is 448 g/mol. The maximum Gasteiger partial charge on any atom is 0.300 e. The van der Waals surface area contributed by atoms with Crippen LogP contribution in [0.25, 0.3) is 5.76 Å². The van der Waals surface area contributed by atoms with Crippen LogP contribution < -0.4 is 4.90 Å². The van der Waals surface area contributed by atoms with E-state index in [1.807, 2.05) is 61.5 Å². The maximum absolute atomic E-state index is 13.0. The molecule has 3 aromatic carbocycles. The largest absolute Gasteiger partial charge is 0.507 e. The lowest BCUT2D eigenvalue weighted by molar-refractivity contribution is -0.132. The number of halogens is 1. The molecule has 1 heterocycles. The van der Waals surface area contributed by atoms with Crippen LogP contribution in [0.5, 0.6) is 0 Å². The Bertz CT molecular complexity index is 1100. The van der Waals surface area contributed by atoms with Crippen molar-refractivity contribution in [2.24, 2.45) is 0 Å². The van der Waals surface area contributed by atoms with Crippen molar-refractivity contribution in [2.75, 3.05) is 4.90 Å². The van der Waals surface area contributed by atoms with Crippen LogP contribution in [0.4, 0.5) is 5.69 Å². The summed E-state index contributed by atoms with van der Waals surface area (Å²) in [4.78, 5) is 27.4. The molecule has 0 aromatic heterocycles. The number of rotatable bonds is 3. The highest BCUT2D eigenvalue weighted by atomic mass is 79.9. The minimum absolute atomic E-state index is 0.0880. The minimum Gasteiger partial charge on any atom is -0.507 e. The molecule has 4 rings (SSSR count). The van der Waals surface area contributed by atoms with Crippen molar-refractivity contribution in [2.45, 2.75) is 13.0 Å². The lowest BCUT2D eigenvalue weighted by Gasteiger charge is -2.25. The number of aliphatic hydroxyl groups is 1.